The minimum atomic E-state index is -2.52. The summed E-state index contributed by atoms with van der Waals surface area (Å²) in [6.07, 6.45) is 10.2. The van der Waals surface area contributed by atoms with Gasteiger partial charge in [0.05, 0.1) is 46.2 Å². The molecule has 2 N–H and O–H groups in total. The summed E-state index contributed by atoms with van der Waals surface area (Å²) >= 11 is 6.02. The maximum absolute atomic E-state index is 13.2. The predicted octanol–water partition coefficient (Wildman–Crippen LogP) is 4.71. The Balaban J connectivity index is 1.49. The minimum Gasteiger partial charge on any atom is -0.352 e. The Kier molecular flexibility index (Phi) is 6.58. The molecule has 0 aromatic carbocycles. The van der Waals surface area contributed by atoms with Gasteiger partial charge in [-0.3, -0.25) is 14.5 Å². The van der Waals surface area contributed by atoms with Gasteiger partial charge in [0.25, 0.3) is 12.3 Å². The highest BCUT2D eigenvalue weighted by molar-refractivity contribution is 6.30. The highest BCUT2D eigenvalue weighted by Crippen LogP contribution is 2.28. The zero-order chi connectivity index (χ0) is 24.4. The van der Waals surface area contributed by atoms with Gasteiger partial charge in [-0.05, 0) is 18.9 Å². The van der Waals surface area contributed by atoms with Gasteiger partial charge in [-0.2, -0.15) is 10.2 Å². The lowest BCUT2D eigenvalue weighted by Gasteiger charge is -2.23. The summed E-state index contributed by atoms with van der Waals surface area (Å²) in [6, 6.07) is 3.51. The maximum Gasteiger partial charge on any atom is 0.257 e. The maximum atomic E-state index is 13.2. The van der Waals surface area contributed by atoms with Crippen molar-refractivity contribution in [3.63, 3.8) is 0 Å². The number of aromatic nitrogens is 6. The summed E-state index contributed by atoms with van der Waals surface area (Å²) < 4.78 is 28.2. The highest BCUT2D eigenvalue weighted by Gasteiger charge is 2.21. The quantitative estimate of drug-likeness (QED) is 0.381. The Labute approximate surface area is 204 Å². The summed E-state index contributed by atoms with van der Waals surface area (Å²) in [5, 5.41) is 15.0. The second-order valence-corrected chi connectivity index (χ2v) is 8.91. The van der Waals surface area contributed by atoms with Gasteiger partial charge in [0, 0.05) is 24.5 Å². The molecule has 4 aromatic heterocycles. The first-order valence-electron chi connectivity index (χ1n) is 11.3. The van der Waals surface area contributed by atoms with Gasteiger partial charge in [-0.25, -0.2) is 18.3 Å². The first-order chi connectivity index (χ1) is 17.0. The fraction of sp³-hybridized carbons (Fsp3) is 0.348. The Morgan fingerprint density at radius 3 is 2.71 bits per heavy atom. The van der Waals surface area contributed by atoms with Gasteiger partial charge in [0.1, 0.15) is 12.2 Å². The van der Waals surface area contributed by atoms with Crippen LogP contribution in [0.4, 0.5) is 20.2 Å². The van der Waals surface area contributed by atoms with Gasteiger partial charge in [-0.15, -0.1) is 0 Å². The van der Waals surface area contributed by atoms with Crippen molar-refractivity contribution in [2.45, 2.75) is 51.1 Å². The molecule has 9 nitrogen and oxygen atoms in total. The molecule has 1 fully saturated rings. The lowest BCUT2D eigenvalue weighted by atomic mass is 9.95. The van der Waals surface area contributed by atoms with E-state index in [-0.39, 0.29) is 11.9 Å². The molecule has 0 atom stereocenters. The SMILES string of the molecule is O=C(NC1CCCCC1)c1cnc(-c2cnc3cc(Cl)cnn23)cc1Nc1cnn(CC(F)F)c1. The largest absolute Gasteiger partial charge is 0.352 e. The molecule has 1 aliphatic rings. The highest BCUT2D eigenvalue weighted by atomic mass is 35.5. The normalized spacial score (nSPS) is 14.5. The van der Waals surface area contributed by atoms with Gasteiger partial charge in [-0.1, -0.05) is 30.9 Å². The van der Waals surface area contributed by atoms with E-state index in [1.165, 1.54) is 31.2 Å². The second kappa shape index (κ2) is 9.95. The van der Waals surface area contributed by atoms with Crippen molar-refractivity contribution in [2.24, 2.45) is 0 Å². The molecule has 1 amide bonds. The molecule has 0 spiro atoms. The number of fused-ring (bicyclic) bond motifs is 1. The van der Waals surface area contributed by atoms with Crippen LogP contribution in [-0.4, -0.2) is 47.7 Å². The molecular weight excluding hydrogens is 478 g/mol. The van der Waals surface area contributed by atoms with Crippen molar-refractivity contribution in [1.29, 1.82) is 0 Å². The third-order valence-electron chi connectivity index (χ3n) is 5.92. The topological polar surface area (TPSA) is 102 Å². The van der Waals surface area contributed by atoms with Crippen LogP contribution in [0.5, 0.6) is 0 Å². The number of amides is 1. The molecule has 4 aromatic rings. The Morgan fingerprint density at radius 1 is 1.09 bits per heavy atom. The number of alkyl halides is 2. The van der Waals surface area contributed by atoms with E-state index in [2.05, 4.69) is 30.8 Å². The number of anilines is 2. The number of carbonyl (C=O) groups is 1. The van der Waals surface area contributed by atoms with Crippen molar-refractivity contribution in [2.75, 3.05) is 5.32 Å². The fourth-order valence-corrected chi connectivity index (χ4v) is 4.38. The standard InChI is InChI=1S/C23H23ClF2N8O/c24-14-6-22-28-11-20(34(22)30-8-14)19-7-18(31-16-9-29-33(12-16)13-21(25)26)17(10-27-19)23(35)32-15-4-2-1-3-5-15/h6-12,15,21H,1-5,13H2,(H,27,31)(H,32,35). The van der Waals surface area contributed by atoms with E-state index in [9.17, 15) is 13.6 Å². The minimum absolute atomic E-state index is 0.116. The molecule has 0 radical (unpaired) electrons. The first kappa shape index (κ1) is 23.2. The van der Waals surface area contributed by atoms with Gasteiger partial charge in [0.15, 0.2) is 5.65 Å². The number of hydrogen-bond donors (Lipinski definition) is 2. The van der Waals surface area contributed by atoms with Crippen molar-refractivity contribution >= 4 is 34.5 Å². The summed E-state index contributed by atoms with van der Waals surface area (Å²) in [7, 11) is 0. The number of nitrogens with zero attached hydrogens (tertiary/aromatic N) is 6. The summed E-state index contributed by atoms with van der Waals surface area (Å²) in [5.41, 5.74) is 2.94. The molecule has 0 unspecified atom stereocenters. The molecule has 1 aliphatic carbocycles. The summed E-state index contributed by atoms with van der Waals surface area (Å²) in [5.74, 6) is -0.249. The zero-order valence-electron chi connectivity index (χ0n) is 18.7. The number of hydrogen-bond acceptors (Lipinski definition) is 6. The van der Waals surface area contributed by atoms with Crippen LogP contribution in [0, 0.1) is 0 Å². The molecule has 12 heteroatoms. The average molecular weight is 501 g/mol. The Morgan fingerprint density at radius 2 is 1.91 bits per heavy atom. The molecule has 4 heterocycles. The van der Waals surface area contributed by atoms with Crippen molar-refractivity contribution in [1.82, 2.24) is 34.7 Å². The van der Waals surface area contributed by atoms with Crippen molar-refractivity contribution < 1.29 is 13.6 Å². The summed E-state index contributed by atoms with van der Waals surface area (Å²) in [6.45, 7) is -0.520. The smallest absolute Gasteiger partial charge is 0.257 e. The van der Waals surface area contributed by atoms with E-state index >= 15 is 0 Å². The van der Waals surface area contributed by atoms with Crippen LogP contribution >= 0.6 is 11.6 Å². The van der Waals surface area contributed by atoms with Crippen LogP contribution in [-0.2, 0) is 6.54 Å². The van der Waals surface area contributed by atoms with E-state index in [0.717, 1.165) is 30.4 Å². The molecule has 0 saturated heterocycles. The molecular formula is C23H23ClF2N8O. The number of carbonyl (C=O) groups excluding carboxylic acids is 1. The van der Waals surface area contributed by atoms with E-state index in [0.29, 0.717) is 39.0 Å². The monoisotopic (exact) mass is 500 g/mol. The van der Waals surface area contributed by atoms with E-state index in [1.54, 1.807) is 22.8 Å². The number of nitrogens with one attached hydrogen (secondary N) is 2. The van der Waals surface area contributed by atoms with Gasteiger partial charge in [0.2, 0.25) is 0 Å². The van der Waals surface area contributed by atoms with Crippen LogP contribution in [0.2, 0.25) is 5.02 Å². The number of pyridine rings is 1. The van der Waals surface area contributed by atoms with Crippen LogP contribution in [0.25, 0.3) is 17.0 Å². The second-order valence-electron chi connectivity index (χ2n) is 8.48. The van der Waals surface area contributed by atoms with E-state index < -0.39 is 13.0 Å². The van der Waals surface area contributed by atoms with E-state index in [1.807, 2.05) is 0 Å². The van der Waals surface area contributed by atoms with Crippen LogP contribution in [0.1, 0.15) is 42.5 Å². The molecule has 1 saturated carbocycles. The lowest BCUT2D eigenvalue weighted by Crippen LogP contribution is -2.36. The van der Waals surface area contributed by atoms with Crippen molar-refractivity contribution in [3.8, 4) is 11.4 Å². The summed E-state index contributed by atoms with van der Waals surface area (Å²) in [4.78, 5) is 22.0. The molecule has 35 heavy (non-hydrogen) atoms. The first-order valence-corrected chi connectivity index (χ1v) is 11.7. The van der Waals surface area contributed by atoms with Crippen LogP contribution in [0.15, 0.2) is 43.1 Å². The Hall–Kier alpha value is -3.60. The third kappa shape index (κ3) is 5.24. The molecule has 182 valence electrons. The number of halogens is 3. The predicted molar refractivity (Wildman–Crippen MR) is 127 cm³/mol. The van der Waals surface area contributed by atoms with Crippen LogP contribution < -0.4 is 10.6 Å². The number of rotatable bonds is 7. The number of imidazole rings is 1. The fourth-order valence-electron chi connectivity index (χ4n) is 4.24. The lowest BCUT2D eigenvalue weighted by molar-refractivity contribution is 0.0928. The van der Waals surface area contributed by atoms with Crippen molar-refractivity contribution in [3.05, 3.63) is 53.7 Å². The van der Waals surface area contributed by atoms with Crippen LogP contribution in [0.3, 0.4) is 0 Å². The molecule has 0 aliphatic heterocycles. The average Bonchev–Trinajstić information content (AvgIpc) is 3.45. The third-order valence-corrected chi connectivity index (χ3v) is 6.12. The van der Waals surface area contributed by atoms with E-state index in [4.69, 9.17) is 11.6 Å². The van der Waals surface area contributed by atoms with Gasteiger partial charge < -0.3 is 10.6 Å². The molecule has 5 rings (SSSR count). The van der Waals surface area contributed by atoms with Gasteiger partial charge >= 0.3 is 0 Å². The zero-order valence-corrected chi connectivity index (χ0v) is 19.4. The Bertz CT molecular complexity index is 1350. The molecule has 0 bridgehead atoms.